The van der Waals surface area contributed by atoms with Crippen molar-refractivity contribution in [2.24, 2.45) is 0 Å². The summed E-state index contributed by atoms with van der Waals surface area (Å²) in [5.41, 5.74) is 1.27. The Bertz CT molecular complexity index is 1420. The fourth-order valence-electron chi connectivity index (χ4n) is 4.39. The maximum atomic E-state index is 13.7. The molecule has 1 fully saturated rings. The maximum Gasteiger partial charge on any atom is 0.194 e. The largest absolute Gasteiger partial charge is 0.394 e. The average molecular weight is 514 g/mol. The first-order valence-corrected chi connectivity index (χ1v) is 11.1. The van der Waals surface area contributed by atoms with Gasteiger partial charge in [-0.25, -0.2) is 17.9 Å². The predicted molar refractivity (Wildman–Crippen MR) is 123 cm³/mol. The molecular weight excluding hydrogens is 493 g/mol. The molecule has 2 aromatic carbocycles. The van der Waals surface area contributed by atoms with E-state index >= 15 is 0 Å². The second kappa shape index (κ2) is 9.86. The monoisotopic (exact) mass is 514 g/mol. The number of halogens is 3. The summed E-state index contributed by atoms with van der Waals surface area (Å²) in [5, 5.41) is 47.9. The number of hydrogen-bond donors (Lipinski definition) is 3. The number of para-hydroxylation sites is 1. The van der Waals surface area contributed by atoms with Crippen molar-refractivity contribution in [2.45, 2.75) is 30.5 Å². The molecule has 10 nitrogen and oxygen atoms in total. The van der Waals surface area contributed by atoms with Gasteiger partial charge < -0.3 is 20.1 Å². The lowest BCUT2D eigenvalue weighted by Crippen LogP contribution is -2.53. The molecule has 3 N–H and O–H groups in total. The number of aromatic nitrogens is 6. The third-order valence-electron chi connectivity index (χ3n) is 6.23. The van der Waals surface area contributed by atoms with E-state index < -0.39 is 54.5 Å². The first-order chi connectivity index (χ1) is 17.8. The summed E-state index contributed by atoms with van der Waals surface area (Å²) in [6.07, 6.45) is -0.980. The number of rotatable bonds is 6. The van der Waals surface area contributed by atoms with Gasteiger partial charge >= 0.3 is 0 Å². The standard InChI is InChI=1S/C24H21F3N6O4/c1-2-12-5-3-4-6-17(12)32-11-28-30-24(32)23-22(36)20(21(35)18(10-34)37-23)33-9-16(29-31-33)13-7-14(25)19(27)15(26)8-13/h2-9,11,18,20-23,34-36H,1,10H2/t18?,20?,21?,22-,23-/m1/s1. The Morgan fingerprint density at radius 3 is 2.49 bits per heavy atom. The molecule has 37 heavy (non-hydrogen) atoms. The number of nitrogens with zero attached hydrogens (tertiary/aromatic N) is 6. The Morgan fingerprint density at radius 2 is 1.78 bits per heavy atom. The van der Waals surface area contributed by atoms with Gasteiger partial charge in [0.1, 0.15) is 42.5 Å². The lowest BCUT2D eigenvalue weighted by molar-refractivity contribution is -0.210. The quantitative estimate of drug-likeness (QED) is 0.333. The van der Waals surface area contributed by atoms with E-state index in [1.807, 2.05) is 12.1 Å². The van der Waals surface area contributed by atoms with E-state index in [4.69, 9.17) is 4.74 Å². The molecule has 0 radical (unpaired) electrons. The van der Waals surface area contributed by atoms with Crippen molar-refractivity contribution in [3.63, 3.8) is 0 Å². The minimum Gasteiger partial charge on any atom is -0.394 e. The molecule has 3 unspecified atom stereocenters. The molecule has 5 atom stereocenters. The molecule has 0 aliphatic carbocycles. The van der Waals surface area contributed by atoms with Crippen LogP contribution in [0.15, 0.2) is 55.5 Å². The van der Waals surface area contributed by atoms with E-state index in [0.29, 0.717) is 5.69 Å². The number of benzene rings is 2. The molecule has 0 amide bonds. The Balaban J connectivity index is 1.53. The van der Waals surface area contributed by atoms with Crippen molar-refractivity contribution in [3.8, 4) is 16.9 Å². The molecular formula is C24H21F3N6O4. The third-order valence-corrected chi connectivity index (χ3v) is 6.23. The summed E-state index contributed by atoms with van der Waals surface area (Å²) >= 11 is 0. The first-order valence-electron chi connectivity index (χ1n) is 11.1. The summed E-state index contributed by atoms with van der Waals surface area (Å²) in [6.45, 7) is 3.20. The lowest BCUT2D eigenvalue weighted by Gasteiger charge is -2.41. The maximum absolute atomic E-state index is 13.7. The first kappa shape index (κ1) is 24.8. The average Bonchev–Trinajstić information content (AvgIpc) is 3.58. The van der Waals surface area contributed by atoms with Crippen molar-refractivity contribution >= 4 is 6.08 Å². The predicted octanol–water partition coefficient (Wildman–Crippen LogP) is 1.98. The fraction of sp³-hybridized carbons (Fsp3) is 0.250. The SMILES string of the molecule is C=Cc1ccccc1-n1cnnc1[C@@H]1OC(CO)C(O)C(n2cc(-c3cc(F)c(F)c(F)c3)nn2)[C@H]1O. The summed E-state index contributed by atoms with van der Waals surface area (Å²) in [5.74, 6) is -4.26. The Kier molecular flexibility index (Phi) is 6.60. The minimum atomic E-state index is -1.62. The highest BCUT2D eigenvalue weighted by atomic mass is 19.2. The molecule has 5 rings (SSSR count). The van der Waals surface area contributed by atoms with Gasteiger partial charge in [-0.2, -0.15) is 0 Å². The van der Waals surface area contributed by atoms with E-state index in [-0.39, 0.29) is 17.1 Å². The van der Waals surface area contributed by atoms with E-state index in [1.165, 1.54) is 12.5 Å². The number of aliphatic hydroxyl groups is 3. The molecule has 2 aromatic heterocycles. The molecule has 192 valence electrons. The van der Waals surface area contributed by atoms with Crippen LogP contribution in [0.3, 0.4) is 0 Å². The van der Waals surface area contributed by atoms with Crippen LogP contribution < -0.4 is 0 Å². The van der Waals surface area contributed by atoms with Crippen molar-refractivity contribution in [1.29, 1.82) is 0 Å². The van der Waals surface area contributed by atoms with Gasteiger partial charge in [-0.1, -0.05) is 36.1 Å². The molecule has 4 aromatic rings. The number of ether oxygens (including phenoxy) is 1. The summed E-state index contributed by atoms with van der Waals surface area (Å²) in [6, 6.07) is 7.53. The third kappa shape index (κ3) is 4.31. The van der Waals surface area contributed by atoms with Crippen LogP contribution in [0.4, 0.5) is 13.2 Å². The Hall–Kier alpha value is -3.91. The topological polar surface area (TPSA) is 131 Å². The van der Waals surface area contributed by atoms with Crippen LogP contribution >= 0.6 is 0 Å². The molecule has 1 saturated heterocycles. The Morgan fingerprint density at radius 1 is 1.05 bits per heavy atom. The number of hydrogen-bond acceptors (Lipinski definition) is 8. The summed E-state index contributed by atoms with van der Waals surface area (Å²) < 4.78 is 49.4. The van der Waals surface area contributed by atoms with Gasteiger partial charge in [0, 0.05) is 5.56 Å². The van der Waals surface area contributed by atoms with Crippen LogP contribution in [-0.2, 0) is 4.74 Å². The molecule has 13 heteroatoms. The van der Waals surface area contributed by atoms with Gasteiger partial charge in [0.2, 0.25) is 0 Å². The van der Waals surface area contributed by atoms with Crippen LogP contribution in [-0.4, -0.2) is 70.0 Å². The van der Waals surface area contributed by atoms with Crippen LogP contribution in [0.25, 0.3) is 23.0 Å². The van der Waals surface area contributed by atoms with Crippen LogP contribution in [0.5, 0.6) is 0 Å². The van der Waals surface area contributed by atoms with E-state index in [0.717, 1.165) is 22.4 Å². The Labute approximate surface area is 207 Å². The zero-order valence-electron chi connectivity index (χ0n) is 19.1. The van der Waals surface area contributed by atoms with Crippen LogP contribution in [0.2, 0.25) is 0 Å². The highest BCUT2D eigenvalue weighted by Crippen LogP contribution is 2.38. The van der Waals surface area contributed by atoms with Gasteiger partial charge in [-0.15, -0.1) is 15.3 Å². The number of aliphatic hydroxyl groups excluding tert-OH is 3. The van der Waals surface area contributed by atoms with E-state index in [2.05, 4.69) is 27.1 Å². The van der Waals surface area contributed by atoms with Gasteiger partial charge in [-0.3, -0.25) is 4.57 Å². The van der Waals surface area contributed by atoms with Gasteiger partial charge in [0.05, 0.1) is 18.5 Å². The molecule has 0 bridgehead atoms. The molecule has 0 spiro atoms. The van der Waals surface area contributed by atoms with Gasteiger partial charge in [0.25, 0.3) is 0 Å². The zero-order valence-corrected chi connectivity index (χ0v) is 19.1. The van der Waals surface area contributed by atoms with Crippen molar-refractivity contribution < 1.29 is 33.2 Å². The minimum absolute atomic E-state index is 0.0381. The highest BCUT2D eigenvalue weighted by Gasteiger charge is 2.48. The van der Waals surface area contributed by atoms with E-state index in [9.17, 15) is 28.5 Å². The van der Waals surface area contributed by atoms with Gasteiger partial charge in [0.15, 0.2) is 23.3 Å². The van der Waals surface area contributed by atoms with E-state index in [1.54, 1.807) is 22.8 Å². The van der Waals surface area contributed by atoms with Crippen molar-refractivity contribution in [2.75, 3.05) is 6.61 Å². The molecule has 3 heterocycles. The normalized spacial score (nSPS) is 23.8. The van der Waals surface area contributed by atoms with Crippen LogP contribution in [0, 0.1) is 17.5 Å². The lowest BCUT2D eigenvalue weighted by atomic mass is 9.92. The second-order valence-corrected chi connectivity index (χ2v) is 8.41. The van der Waals surface area contributed by atoms with Gasteiger partial charge in [-0.05, 0) is 23.8 Å². The van der Waals surface area contributed by atoms with Crippen LogP contribution in [0.1, 0.15) is 23.5 Å². The summed E-state index contributed by atoms with van der Waals surface area (Å²) in [7, 11) is 0. The fourth-order valence-corrected chi connectivity index (χ4v) is 4.39. The highest BCUT2D eigenvalue weighted by molar-refractivity contribution is 5.59. The zero-order chi connectivity index (χ0) is 26.3. The molecule has 0 saturated carbocycles. The summed E-state index contributed by atoms with van der Waals surface area (Å²) in [4.78, 5) is 0. The van der Waals surface area contributed by atoms with Crippen molar-refractivity contribution in [3.05, 3.63) is 84.3 Å². The second-order valence-electron chi connectivity index (χ2n) is 8.41. The molecule has 1 aliphatic rings. The van der Waals surface area contributed by atoms with Crippen molar-refractivity contribution in [1.82, 2.24) is 29.8 Å². The molecule has 1 aliphatic heterocycles. The smallest absolute Gasteiger partial charge is 0.194 e.